The van der Waals surface area contributed by atoms with Crippen LogP contribution in [-0.4, -0.2) is 19.1 Å². The molecule has 0 aliphatic carbocycles. The Morgan fingerprint density at radius 3 is 2.94 bits per heavy atom. The third kappa shape index (κ3) is 4.24. The fourth-order valence-electron chi connectivity index (χ4n) is 1.30. The summed E-state index contributed by atoms with van der Waals surface area (Å²) in [5, 5.41) is 3.22. The molecule has 1 amide bonds. The van der Waals surface area contributed by atoms with E-state index in [0.717, 1.165) is 6.42 Å². The molecule has 0 spiro atoms. The minimum Gasteiger partial charge on any atom is -0.490 e. The van der Waals surface area contributed by atoms with Gasteiger partial charge in [0.2, 0.25) is 5.91 Å². The van der Waals surface area contributed by atoms with Gasteiger partial charge in [-0.3, -0.25) is 4.79 Å². The lowest BCUT2D eigenvalue weighted by molar-refractivity contribution is -0.116. The molecule has 94 valence electrons. The summed E-state index contributed by atoms with van der Waals surface area (Å²) in [5.74, 6) is 0.373. The largest absolute Gasteiger partial charge is 0.490 e. The zero-order chi connectivity index (χ0) is 12.7. The molecule has 0 saturated heterocycles. The lowest BCUT2D eigenvalue weighted by Gasteiger charge is -2.13. The molecule has 1 aromatic rings. The van der Waals surface area contributed by atoms with Crippen LogP contribution in [0.1, 0.15) is 19.8 Å². The van der Waals surface area contributed by atoms with Crippen molar-refractivity contribution < 1.29 is 9.53 Å². The summed E-state index contributed by atoms with van der Waals surface area (Å²) >= 11 is 6.02. The molecule has 0 fully saturated rings. The molecular formula is C12H17ClN2O2. The summed E-state index contributed by atoms with van der Waals surface area (Å²) < 4.78 is 5.52. The molecule has 17 heavy (non-hydrogen) atoms. The summed E-state index contributed by atoms with van der Waals surface area (Å²) in [6.45, 7) is 2.88. The van der Waals surface area contributed by atoms with Crippen LogP contribution in [0.2, 0.25) is 5.02 Å². The number of nitrogens with one attached hydrogen (secondary N) is 1. The van der Waals surface area contributed by atoms with Crippen LogP contribution in [0.5, 0.6) is 5.75 Å². The van der Waals surface area contributed by atoms with Crippen LogP contribution in [0, 0.1) is 0 Å². The van der Waals surface area contributed by atoms with Crippen molar-refractivity contribution in [2.75, 3.05) is 18.5 Å². The van der Waals surface area contributed by atoms with Crippen LogP contribution in [-0.2, 0) is 4.79 Å². The molecule has 0 atom stereocenters. The van der Waals surface area contributed by atoms with Crippen molar-refractivity contribution >= 4 is 23.2 Å². The smallest absolute Gasteiger partial charge is 0.225 e. The first-order valence-electron chi connectivity index (χ1n) is 5.60. The highest BCUT2D eigenvalue weighted by Gasteiger charge is 2.10. The number of para-hydroxylation sites is 1. The molecule has 0 heterocycles. The second-order valence-electron chi connectivity index (χ2n) is 3.55. The van der Waals surface area contributed by atoms with Crippen molar-refractivity contribution in [1.29, 1.82) is 0 Å². The molecule has 0 aliphatic rings. The van der Waals surface area contributed by atoms with Crippen molar-refractivity contribution in [3.8, 4) is 5.75 Å². The molecule has 1 aromatic carbocycles. The molecule has 0 aromatic heterocycles. The van der Waals surface area contributed by atoms with Crippen LogP contribution >= 0.6 is 11.6 Å². The van der Waals surface area contributed by atoms with E-state index in [0.29, 0.717) is 29.6 Å². The highest BCUT2D eigenvalue weighted by molar-refractivity contribution is 6.32. The lowest BCUT2D eigenvalue weighted by Crippen LogP contribution is -2.16. The van der Waals surface area contributed by atoms with E-state index in [-0.39, 0.29) is 12.3 Å². The maximum atomic E-state index is 11.5. The standard InChI is InChI=1S/C12H17ClN2O2/c1-2-8-17-12-9(13)4-3-5-10(12)15-11(16)6-7-14/h3-5H,2,6-8,14H2,1H3,(H,15,16). The van der Waals surface area contributed by atoms with Gasteiger partial charge in [0.25, 0.3) is 0 Å². The van der Waals surface area contributed by atoms with Crippen molar-refractivity contribution in [2.24, 2.45) is 5.73 Å². The van der Waals surface area contributed by atoms with Gasteiger partial charge in [-0.15, -0.1) is 0 Å². The highest BCUT2D eigenvalue weighted by atomic mass is 35.5. The second kappa shape index (κ2) is 7.14. The van der Waals surface area contributed by atoms with Crippen LogP contribution < -0.4 is 15.8 Å². The van der Waals surface area contributed by atoms with Crippen LogP contribution in [0.4, 0.5) is 5.69 Å². The molecule has 4 nitrogen and oxygen atoms in total. The Hall–Kier alpha value is -1.26. The third-order valence-electron chi connectivity index (χ3n) is 2.06. The Morgan fingerprint density at radius 2 is 2.29 bits per heavy atom. The molecule has 1 rings (SSSR count). The Morgan fingerprint density at radius 1 is 1.53 bits per heavy atom. The Balaban J connectivity index is 2.82. The Labute approximate surface area is 106 Å². The molecule has 0 radical (unpaired) electrons. The Kier molecular flexibility index (Phi) is 5.80. The average molecular weight is 257 g/mol. The van der Waals surface area contributed by atoms with Gasteiger partial charge < -0.3 is 15.8 Å². The van der Waals surface area contributed by atoms with Crippen molar-refractivity contribution in [2.45, 2.75) is 19.8 Å². The fourth-order valence-corrected chi connectivity index (χ4v) is 1.53. The third-order valence-corrected chi connectivity index (χ3v) is 2.36. The normalized spacial score (nSPS) is 10.1. The number of carbonyl (C=O) groups is 1. The van der Waals surface area contributed by atoms with Crippen molar-refractivity contribution in [1.82, 2.24) is 0 Å². The van der Waals surface area contributed by atoms with E-state index >= 15 is 0 Å². The van der Waals surface area contributed by atoms with Crippen LogP contribution in [0.25, 0.3) is 0 Å². The zero-order valence-corrected chi connectivity index (χ0v) is 10.6. The highest BCUT2D eigenvalue weighted by Crippen LogP contribution is 2.33. The zero-order valence-electron chi connectivity index (χ0n) is 9.83. The number of hydrogen-bond donors (Lipinski definition) is 2. The summed E-state index contributed by atoms with van der Waals surface area (Å²) in [6, 6.07) is 5.25. The van der Waals surface area contributed by atoms with Gasteiger partial charge in [-0.25, -0.2) is 0 Å². The van der Waals surface area contributed by atoms with Gasteiger partial charge in [0.15, 0.2) is 5.75 Å². The fraction of sp³-hybridized carbons (Fsp3) is 0.417. The van der Waals surface area contributed by atoms with Gasteiger partial charge >= 0.3 is 0 Å². The second-order valence-corrected chi connectivity index (χ2v) is 3.96. The number of anilines is 1. The predicted molar refractivity (Wildman–Crippen MR) is 69.5 cm³/mol. The topological polar surface area (TPSA) is 64.3 Å². The van der Waals surface area contributed by atoms with E-state index in [1.165, 1.54) is 0 Å². The van der Waals surface area contributed by atoms with Crippen molar-refractivity contribution in [3.63, 3.8) is 0 Å². The van der Waals surface area contributed by atoms with E-state index in [1.807, 2.05) is 6.92 Å². The SMILES string of the molecule is CCCOc1c(Cl)cccc1NC(=O)CCN. The van der Waals surface area contributed by atoms with E-state index in [1.54, 1.807) is 18.2 Å². The number of hydrogen-bond acceptors (Lipinski definition) is 3. The first-order valence-corrected chi connectivity index (χ1v) is 5.98. The minimum absolute atomic E-state index is 0.142. The van der Waals surface area contributed by atoms with Gasteiger partial charge in [-0.05, 0) is 18.6 Å². The molecule has 0 unspecified atom stereocenters. The number of nitrogens with two attached hydrogens (primary N) is 1. The van der Waals surface area contributed by atoms with Crippen molar-refractivity contribution in [3.05, 3.63) is 23.2 Å². The molecule has 3 N–H and O–H groups in total. The quantitative estimate of drug-likeness (QED) is 0.822. The lowest BCUT2D eigenvalue weighted by atomic mass is 10.2. The summed E-state index contributed by atoms with van der Waals surface area (Å²) in [4.78, 5) is 11.5. The van der Waals surface area contributed by atoms with E-state index in [2.05, 4.69) is 5.32 Å². The molecule has 0 aliphatic heterocycles. The number of benzene rings is 1. The molecule has 0 bridgehead atoms. The molecular weight excluding hydrogens is 240 g/mol. The molecule has 5 heteroatoms. The first-order chi connectivity index (χ1) is 8.19. The van der Waals surface area contributed by atoms with Gasteiger partial charge in [0.05, 0.1) is 17.3 Å². The number of halogens is 1. The van der Waals surface area contributed by atoms with E-state index < -0.39 is 0 Å². The average Bonchev–Trinajstić information content (AvgIpc) is 2.28. The van der Waals surface area contributed by atoms with Gasteiger partial charge in [0.1, 0.15) is 0 Å². The predicted octanol–water partition coefficient (Wildman–Crippen LogP) is 2.42. The number of rotatable bonds is 6. The summed E-state index contributed by atoms with van der Waals surface area (Å²) in [7, 11) is 0. The maximum absolute atomic E-state index is 11.5. The number of carbonyl (C=O) groups excluding carboxylic acids is 1. The minimum atomic E-state index is -0.142. The van der Waals surface area contributed by atoms with E-state index in [9.17, 15) is 4.79 Å². The summed E-state index contributed by atoms with van der Waals surface area (Å²) in [5.41, 5.74) is 5.90. The first kappa shape index (κ1) is 13.8. The number of amides is 1. The van der Waals surface area contributed by atoms with Crippen LogP contribution in [0.3, 0.4) is 0 Å². The monoisotopic (exact) mass is 256 g/mol. The Bertz CT molecular complexity index is 383. The van der Waals surface area contributed by atoms with Gasteiger partial charge in [0, 0.05) is 13.0 Å². The summed E-state index contributed by atoms with van der Waals surface area (Å²) in [6.07, 6.45) is 1.15. The van der Waals surface area contributed by atoms with Crippen LogP contribution in [0.15, 0.2) is 18.2 Å². The van der Waals surface area contributed by atoms with Gasteiger partial charge in [-0.2, -0.15) is 0 Å². The number of ether oxygens (including phenoxy) is 1. The van der Waals surface area contributed by atoms with E-state index in [4.69, 9.17) is 22.1 Å². The maximum Gasteiger partial charge on any atom is 0.225 e. The van der Waals surface area contributed by atoms with Gasteiger partial charge in [-0.1, -0.05) is 24.6 Å². The molecule has 0 saturated carbocycles.